The first kappa shape index (κ1) is 15.4. The first-order chi connectivity index (χ1) is 9.01. The zero-order valence-corrected chi connectivity index (χ0v) is 12.0. The minimum absolute atomic E-state index is 0.220. The van der Waals surface area contributed by atoms with Crippen LogP contribution in [0, 0.1) is 6.92 Å². The van der Waals surface area contributed by atoms with Crippen LogP contribution in [-0.2, 0) is 4.74 Å². The van der Waals surface area contributed by atoms with E-state index in [-0.39, 0.29) is 5.56 Å². The molecular formula is C14H22N2O3. The van der Waals surface area contributed by atoms with Gasteiger partial charge in [-0.05, 0) is 31.9 Å². The molecule has 1 rings (SSSR count). The van der Waals surface area contributed by atoms with Crippen molar-refractivity contribution in [2.24, 2.45) is 0 Å². The lowest BCUT2D eigenvalue weighted by Gasteiger charge is -2.30. The Morgan fingerprint density at radius 3 is 2.74 bits per heavy atom. The zero-order chi connectivity index (χ0) is 14.4. The normalized spacial score (nSPS) is 12.2. The number of carbonyl (C=O) groups is 1. The fraction of sp³-hybridized carbons (Fsp3) is 0.571. The van der Waals surface area contributed by atoms with Crippen LogP contribution in [0.2, 0.25) is 0 Å². The van der Waals surface area contributed by atoms with Crippen LogP contribution in [0.4, 0.5) is 5.82 Å². The number of hydrogen-bond donors (Lipinski definition) is 1. The minimum Gasteiger partial charge on any atom is -0.478 e. The number of nitrogens with zero attached hydrogens (tertiary/aromatic N) is 2. The van der Waals surface area contributed by atoms with Gasteiger partial charge in [0.15, 0.2) is 0 Å². The van der Waals surface area contributed by atoms with Crippen molar-refractivity contribution in [3.8, 4) is 0 Å². The highest BCUT2D eigenvalue weighted by Gasteiger charge is 2.17. The predicted octanol–water partition coefficient (Wildman–Crippen LogP) is 2.34. The number of carboxylic acid groups (broad SMARTS) is 1. The largest absolute Gasteiger partial charge is 0.478 e. The average Bonchev–Trinajstić information content (AvgIpc) is 2.39. The highest BCUT2D eigenvalue weighted by atomic mass is 16.5. The molecule has 1 atom stereocenters. The lowest BCUT2D eigenvalue weighted by Crippen LogP contribution is -2.36. The number of anilines is 1. The Hall–Kier alpha value is -1.62. The van der Waals surface area contributed by atoms with Crippen molar-refractivity contribution in [1.29, 1.82) is 0 Å². The molecule has 0 aliphatic carbocycles. The summed E-state index contributed by atoms with van der Waals surface area (Å²) in [4.78, 5) is 17.4. The van der Waals surface area contributed by atoms with Gasteiger partial charge in [0.2, 0.25) is 0 Å². The summed E-state index contributed by atoms with van der Waals surface area (Å²) < 4.78 is 5.13. The molecule has 0 saturated carbocycles. The van der Waals surface area contributed by atoms with Gasteiger partial charge in [0.1, 0.15) is 5.82 Å². The van der Waals surface area contributed by atoms with E-state index in [1.807, 2.05) is 6.92 Å². The maximum atomic E-state index is 10.9. The molecule has 5 nitrogen and oxygen atoms in total. The lowest BCUT2D eigenvalue weighted by atomic mass is 10.1. The SMILES string of the molecule is CCC(C)N(CCOC)c1ncc(C(=O)O)cc1C. The summed E-state index contributed by atoms with van der Waals surface area (Å²) >= 11 is 0. The average molecular weight is 266 g/mol. The lowest BCUT2D eigenvalue weighted by molar-refractivity contribution is 0.0696. The van der Waals surface area contributed by atoms with E-state index in [4.69, 9.17) is 9.84 Å². The Morgan fingerprint density at radius 2 is 2.26 bits per heavy atom. The summed E-state index contributed by atoms with van der Waals surface area (Å²) in [6.07, 6.45) is 2.40. The fourth-order valence-corrected chi connectivity index (χ4v) is 1.93. The Labute approximate surface area is 114 Å². The summed E-state index contributed by atoms with van der Waals surface area (Å²) in [6, 6.07) is 1.99. The Bertz CT molecular complexity index is 435. The van der Waals surface area contributed by atoms with Crippen LogP contribution < -0.4 is 4.90 Å². The summed E-state index contributed by atoms with van der Waals surface area (Å²) in [5, 5.41) is 8.96. The number of rotatable bonds is 7. The van der Waals surface area contributed by atoms with E-state index in [0.29, 0.717) is 12.6 Å². The molecule has 1 heterocycles. The second-order valence-corrected chi connectivity index (χ2v) is 4.61. The Morgan fingerprint density at radius 1 is 1.58 bits per heavy atom. The third-order valence-electron chi connectivity index (χ3n) is 3.23. The number of hydrogen-bond acceptors (Lipinski definition) is 4. The van der Waals surface area contributed by atoms with Crippen molar-refractivity contribution in [1.82, 2.24) is 4.98 Å². The molecule has 0 bridgehead atoms. The van der Waals surface area contributed by atoms with E-state index in [9.17, 15) is 4.79 Å². The van der Waals surface area contributed by atoms with E-state index in [1.54, 1.807) is 13.2 Å². The molecule has 1 N–H and O–H groups in total. The van der Waals surface area contributed by atoms with Gasteiger partial charge in [-0.3, -0.25) is 0 Å². The van der Waals surface area contributed by atoms with E-state index in [2.05, 4.69) is 23.7 Å². The molecule has 19 heavy (non-hydrogen) atoms. The second kappa shape index (κ2) is 7.09. The molecule has 0 saturated heterocycles. The predicted molar refractivity (Wildman–Crippen MR) is 74.9 cm³/mol. The van der Waals surface area contributed by atoms with Crippen molar-refractivity contribution in [2.75, 3.05) is 25.2 Å². The summed E-state index contributed by atoms with van der Waals surface area (Å²) in [5.74, 6) is -0.120. The number of ether oxygens (including phenoxy) is 1. The number of methoxy groups -OCH3 is 1. The zero-order valence-electron chi connectivity index (χ0n) is 12.0. The highest BCUT2D eigenvalue weighted by molar-refractivity contribution is 5.87. The van der Waals surface area contributed by atoms with Crippen LogP contribution in [0.25, 0.3) is 0 Å². The van der Waals surface area contributed by atoms with Crippen molar-refractivity contribution in [3.63, 3.8) is 0 Å². The summed E-state index contributed by atoms with van der Waals surface area (Å²) in [7, 11) is 1.67. The quantitative estimate of drug-likeness (QED) is 0.820. The molecule has 5 heteroatoms. The van der Waals surface area contributed by atoms with Gasteiger partial charge in [-0.2, -0.15) is 0 Å². The second-order valence-electron chi connectivity index (χ2n) is 4.61. The number of aromatic carboxylic acids is 1. The van der Waals surface area contributed by atoms with Gasteiger partial charge in [0.05, 0.1) is 12.2 Å². The van der Waals surface area contributed by atoms with E-state index < -0.39 is 5.97 Å². The molecule has 0 aliphatic rings. The van der Waals surface area contributed by atoms with Gasteiger partial charge in [-0.25, -0.2) is 9.78 Å². The molecular weight excluding hydrogens is 244 g/mol. The number of pyridine rings is 1. The maximum Gasteiger partial charge on any atom is 0.337 e. The monoisotopic (exact) mass is 266 g/mol. The van der Waals surface area contributed by atoms with Crippen molar-refractivity contribution >= 4 is 11.8 Å². The molecule has 0 radical (unpaired) electrons. The highest BCUT2D eigenvalue weighted by Crippen LogP contribution is 2.21. The number of aryl methyl sites for hydroxylation is 1. The number of aromatic nitrogens is 1. The third kappa shape index (κ3) is 3.92. The van der Waals surface area contributed by atoms with Crippen molar-refractivity contribution in [3.05, 3.63) is 23.4 Å². The number of carboxylic acids is 1. The molecule has 0 aliphatic heterocycles. The van der Waals surface area contributed by atoms with Gasteiger partial charge in [0.25, 0.3) is 0 Å². The fourth-order valence-electron chi connectivity index (χ4n) is 1.93. The molecule has 106 valence electrons. The topological polar surface area (TPSA) is 62.7 Å². The molecule has 0 aromatic carbocycles. The van der Waals surface area contributed by atoms with Gasteiger partial charge < -0.3 is 14.7 Å². The first-order valence-corrected chi connectivity index (χ1v) is 6.46. The Balaban J connectivity index is 3.04. The molecule has 0 fully saturated rings. The third-order valence-corrected chi connectivity index (χ3v) is 3.23. The van der Waals surface area contributed by atoms with Crippen LogP contribution in [0.15, 0.2) is 12.3 Å². The van der Waals surface area contributed by atoms with Crippen molar-refractivity contribution in [2.45, 2.75) is 33.2 Å². The standard InChI is InChI=1S/C14H22N2O3/c1-5-11(3)16(6-7-19-4)13-10(2)8-12(9-15-13)14(17)18/h8-9,11H,5-7H2,1-4H3,(H,17,18). The smallest absolute Gasteiger partial charge is 0.337 e. The van der Waals surface area contributed by atoms with Crippen LogP contribution in [-0.4, -0.2) is 42.4 Å². The summed E-state index contributed by atoms with van der Waals surface area (Å²) in [5.41, 5.74) is 1.09. The van der Waals surface area contributed by atoms with Gasteiger partial charge in [0, 0.05) is 25.9 Å². The molecule has 0 amide bonds. The van der Waals surface area contributed by atoms with E-state index in [0.717, 1.165) is 24.3 Å². The first-order valence-electron chi connectivity index (χ1n) is 6.46. The minimum atomic E-state index is -0.950. The van der Waals surface area contributed by atoms with Crippen LogP contribution >= 0.6 is 0 Å². The van der Waals surface area contributed by atoms with Gasteiger partial charge >= 0.3 is 5.97 Å². The van der Waals surface area contributed by atoms with E-state index in [1.165, 1.54) is 6.20 Å². The molecule has 0 spiro atoms. The molecule has 1 aromatic rings. The molecule has 1 aromatic heterocycles. The maximum absolute atomic E-state index is 10.9. The van der Waals surface area contributed by atoms with Crippen molar-refractivity contribution < 1.29 is 14.6 Å². The van der Waals surface area contributed by atoms with E-state index >= 15 is 0 Å². The van der Waals surface area contributed by atoms with Crippen LogP contribution in [0.1, 0.15) is 36.2 Å². The van der Waals surface area contributed by atoms with Crippen LogP contribution in [0.5, 0.6) is 0 Å². The van der Waals surface area contributed by atoms with Crippen LogP contribution in [0.3, 0.4) is 0 Å². The molecule has 1 unspecified atom stereocenters. The summed E-state index contributed by atoms with van der Waals surface area (Å²) in [6.45, 7) is 7.49. The van der Waals surface area contributed by atoms with Gasteiger partial charge in [-0.1, -0.05) is 6.92 Å². The van der Waals surface area contributed by atoms with Gasteiger partial charge in [-0.15, -0.1) is 0 Å². The Kier molecular flexibility index (Phi) is 5.76.